The van der Waals surface area contributed by atoms with E-state index in [0.717, 1.165) is 10.0 Å². The van der Waals surface area contributed by atoms with Crippen LogP contribution in [-0.2, 0) is 6.42 Å². The van der Waals surface area contributed by atoms with Gasteiger partial charge in [0.15, 0.2) is 5.76 Å². The molecule has 3 rings (SSSR count). The number of hydrogen-bond donors (Lipinski definition) is 1. The zero-order chi connectivity index (χ0) is 17.1. The van der Waals surface area contributed by atoms with Crippen LogP contribution in [0.1, 0.15) is 16.1 Å². The molecule has 0 atom stereocenters. The molecule has 0 radical (unpaired) electrons. The summed E-state index contributed by atoms with van der Waals surface area (Å²) in [5, 5.41) is 3.70. The number of halogens is 2. The quantitative estimate of drug-likeness (QED) is 0.740. The highest BCUT2D eigenvalue weighted by atomic mass is 79.9. The minimum absolute atomic E-state index is 0.0472. The Morgan fingerprint density at radius 1 is 1.17 bits per heavy atom. The molecule has 0 unspecified atom stereocenters. The minimum Gasteiger partial charge on any atom is -0.417 e. The number of carbonyl (C=O) groups is 1. The van der Waals surface area contributed by atoms with Crippen molar-refractivity contribution in [2.75, 3.05) is 6.54 Å². The summed E-state index contributed by atoms with van der Waals surface area (Å²) in [5.41, 5.74) is 0.212. The summed E-state index contributed by atoms with van der Waals surface area (Å²) in [6.45, 7) is 0.310. The van der Waals surface area contributed by atoms with Crippen molar-refractivity contribution in [3.63, 3.8) is 0 Å². The fourth-order valence-corrected chi connectivity index (χ4v) is 2.73. The molecule has 0 spiro atoms. The molecule has 0 aliphatic heterocycles. The Morgan fingerprint density at radius 2 is 2.00 bits per heavy atom. The Kier molecular flexibility index (Phi) is 4.76. The zero-order valence-corrected chi connectivity index (χ0v) is 14.1. The normalized spacial score (nSPS) is 10.8. The smallest absolute Gasteiger partial charge is 0.344 e. The first-order chi connectivity index (χ1) is 11.5. The molecule has 24 heavy (non-hydrogen) atoms. The lowest BCUT2D eigenvalue weighted by atomic mass is 10.1. The maximum atomic E-state index is 13.1. The van der Waals surface area contributed by atoms with Crippen molar-refractivity contribution in [2.24, 2.45) is 0 Å². The van der Waals surface area contributed by atoms with Crippen molar-refractivity contribution in [1.29, 1.82) is 0 Å². The van der Waals surface area contributed by atoms with Gasteiger partial charge >= 0.3 is 5.63 Å². The standard InChI is InChI=1S/C18H13BrFNO3/c19-13-5-4-12-9-16(24-18(23)15(12)10-13)17(22)21-7-6-11-2-1-3-14(20)8-11/h1-5,8-10H,6-7H2,(H,21,22). The third-order valence-corrected chi connectivity index (χ3v) is 4.03. The molecule has 3 aromatic rings. The second-order valence-electron chi connectivity index (χ2n) is 5.27. The number of fused-ring (bicyclic) bond motifs is 1. The number of benzene rings is 2. The van der Waals surface area contributed by atoms with Gasteiger partial charge in [-0.25, -0.2) is 9.18 Å². The molecule has 1 amide bonds. The molecule has 0 bridgehead atoms. The van der Waals surface area contributed by atoms with Gasteiger partial charge in [0.2, 0.25) is 0 Å². The molecule has 0 aliphatic rings. The summed E-state index contributed by atoms with van der Waals surface area (Å²) in [7, 11) is 0. The SMILES string of the molecule is O=C(NCCc1cccc(F)c1)c1cc2ccc(Br)cc2c(=O)o1. The Balaban J connectivity index is 1.72. The summed E-state index contributed by atoms with van der Waals surface area (Å²) in [6.07, 6.45) is 0.480. The predicted molar refractivity (Wildman–Crippen MR) is 92.6 cm³/mol. The molecule has 122 valence electrons. The third-order valence-electron chi connectivity index (χ3n) is 3.54. The van der Waals surface area contributed by atoms with E-state index in [2.05, 4.69) is 21.2 Å². The lowest BCUT2D eigenvalue weighted by Crippen LogP contribution is -2.26. The third kappa shape index (κ3) is 3.71. The summed E-state index contributed by atoms with van der Waals surface area (Å²) >= 11 is 3.29. The van der Waals surface area contributed by atoms with Gasteiger partial charge in [-0.15, -0.1) is 0 Å². The molecule has 0 fully saturated rings. The summed E-state index contributed by atoms with van der Waals surface area (Å²) < 4.78 is 18.9. The molecule has 0 aliphatic carbocycles. The monoisotopic (exact) mass is 389 g/mol. The summed E-state index contributed by atoms with van der Waals surface area (Å²) in [5.74, 6) is -0.840. The molecule has 4 nitrogen and oxygen atoms in total. The second-order valence-corrected chi connectivity index (χ2v) is 6.18. The van der Waals surface area contributed by atoms with E-state index in [9.17, 15) is 14.0 Å². The Hall–Kier alpha value is -2.47. The van der Waals surface area contributed by atoms with Crippen LogP contribution >= 0.6 is 15.9 Å². The largest absolute Gasteiger partial charge is 0.417 e. The number of rotatable bonds is 4. The van der Waals surface area contributed by atoms with Gasteiger partial charge in [0, 0.05) is 11.0 Å². The van der Waals surface area contributed by atoms with Crippen LogP contribution in [0.4, 0.5) is 4.39 Å². The van der Waals surface area contributed by atoms with E-state index in [1.165, 1.54) is 18.2 Å². The molecular weight excluding hydrogens is 377 g/mol. The van der Waals surface area contributed by atoms with Gasteiger partial charge in [-0.05, 0) is 47.7 Å². The Labute approximate surface area is 145 Å². The van der Waals surface area contributed by atoms with E-state index in [0.29, 0.717) is 23.7 Å². The molecular formula is C18H13BrFNO3. The molecule has 6 heteroatoms. The van der Waals surface area contributed by atoms with Gasteiger partial charge in [-0.2, -0.15) is 0 Å². The first-order valence-electron chi connectivity index (χ1n) is 7.29. The van der Waals surface area contributed by atoms with Gasteiger partial charge in [-0.3, -0.25) is 4.79 Å². The second kappa shape index (κ2) is 6.97. The van der Waals surface area contributed by atoms with Crippen molar-refractivity contribution in [3.8, 4) is 0 Å². The van der Waals surface area contributed by atoms with Crippen LogP contribution in [0.2, 0.25) is 0 Å². The molecule has 0 saturated heterocycles. The number of hydrogen-bond acceptors (Lipinski definition) is 3. The van der Waals surface area contributed by atoms with Crippen LogP contribution in [-0.4, -0.2) is 12.5 Å². The van der Waals surface area contributed by atoms with Crippen molar-refractivity contribution >= 4 is 32.6 Å². The van der Waals surface area contributed by atoms with E-state index in [4.69, 9.17) is 4.42 Å². The molecule has 1 N–H and O–H groups in total. The first-order valence-corrected chi connectivity index (χ1v) is 8.08. The Bertz CT molecular complexity index is 968. The van der Waals surface area contributed by atoms with Crippen LogP contribution in [0.25, 0.3) is 10.8 Å². The zero-order valence-electron chi connectivity index (χ0n) is 12.5. The molecule has 1 heterocycles. The molecule has 0 saturated carbocycles. The van der Waals surface area contributed by atoms with Crippen molar-refractivity contribution in [1.82, 2.24) is 5.32 Å². The van der Waals surface area contributed by atoms with E-state index in [1.54, 1.807) is 30.3 Å². The number of nitrogens with one attached hydrogen (secondary N) is 1. The van der Waals surface area contributed by atoms with E-state index < -0.39 is 11.5 Å². The highest BCUT2D eigenvalue weighted by Crippen LogP contribution is 2.18. The summed E-state index contributed by atoms with van der Waals surface area (Å²) in [4.78, 5) is 24.1. The first kappa shape index (κ1) is 16.4. The molecule has 2 aromatic carbocycles. The molecule has 1 aromatic heterocycles. The highest BCUT2D eigenvalue weighted by molar-refractivity contribution is 9.10. The Morgan fingerprint density at radius 3 is 2.79 bits per heavy atom. The lowest BCUT2D eigenvalue weighted by Gasteiger charge is -2.06. The van der Waals surface area contributed by atoms with Gasteiger partial charge in [0.25, 0.3) is 5.91 Å². The van der Waals surface area contributed by atoms with Crippen molar-refractivity contribution in [3.05, 3.63) is 80.6 Å². The average molecular weight is 390 g/mol. The van der Waals surface area contributed by atoms with E-state index in [1.807, 2.05) is 0 Å². The van der Waals surface area contributed by atoms with Crippen LogP contribution < -0.4 is 10.9 Å². The van der Waals surface area contributed by atoms with Gasteiger partial charge in [0.1, 0.15) is 5.82 Å². The van der Waals surface area contributed by atoms with Crippen LogP contribution in [0.5, 0.6) is 0 Å². The van der Waals surface area contributed by atoms with Crippen molar-refractivity contribution in [2.45, 2.75) is 6.42 Å². The van der Waals surface area contributed by atoms with Gasteiger partial charge in [-0.1, -0.05) is 34.1 Å². The summed E-state index contributed by atoms with van der Waals surface area (Å²) in [6, 6.07) is 12.9. The number of carbonyl (C=O) groups excluding carboxylic acids is 1. The topological polar surface area (TPSA) is 59.3 Å². The van der Waals surface area contributed by atoms with E-state index in [-0.39, 0.29) is 11.6 Å². The number of amides is 1. The average Bonchev–Trinajstić information content (AvgIpc) is 2.55. The minimum atomic E-state index is -0.566. The van der Waals surface area contributed by atoms with E-state index >= 15 is 0 Å². The maximum absolute atomic E-state index is 13.1. The van der Waals surface area contributed by atoms with Crippen LogP contribution in [0, 0.1) is 5.82 Å². The van der Waals surface area contributed by atoms with Gasteiger partial charge < -0.3 is 9.73 Å². The van der Waals surface area contributed by atoms with Crippen LogP contribution in [0.3, 0.4) is 0 Å². The predicted octanol–water partition coefficient (Wildman–Crippen LogP) is 3.67. The maximum Gasteiger partial charge on any atom is 0.344 e. The lowest BCUT2D eigenvalue weighted by molar-refractivity contribution is 0.0922. The van der Waals surface area contributed by atoms with Crippen molar-refractivity contribution < 1.29 is 13.6 Å². The fourth-order valence-electron chi connectivity index (χ4n) is 2.37. The highest BCUT2D eigenvalue weighted by Gasteiger charge is 2.12. The fraction of sp³-hybridized carbons (Fsp3) is 0.111. The van der Waals surface area contributed by atoms with Gasteiger partial charge in [0.05, 0.1) is 5.39 Å². The van der Waals surface area contributed by atoms with Crippen LogP contribution in [0.15, 0.2) is 62.2 Å².